The van der Waals surface area contributed by atoms with Crippen molar-refractivity contribution in [2.75, 3.05) is 11.9 Å². The number of fused-ring (bicyclic) bond motifs is 1. The van der Waals surface area contributed by atoms with E-state index in [9.17, 15) is 9.59 Å². The third-order valence-corrected chi connectivity index (χ3v) is 4.72. The number of hydrogen-bond acceptors (Lipinski definition) is 3. The molecule has 2 N–H and O–H groups in total. The Morgan fingerprint density at radius 1 is 0.929 bits per heavy atom. The number of rotatable bonds is 7. The van der Waals surface area contributed by atoms with E-state index in [0.717, 1.165) is 34.9 Å². The average Bonchev–Trinajstić information content (AvgIpc) is 3.56. The first-order valence-electron chi connectivity index (χ1n) is 9.45. The second kappa shape index (κ2) is 8.13. The lowest BCUT2D eigenvalue weighted by Gasteiger charge is -2.10. The van der Waals surface area contributed by atoms with E-state index in [-0.39, 0.29) is 24.3 Å². The summed E-state index contributed by atoms with van der Waals surface area (Å²) >= 11 is 0. The van der Waals surface area contributed by atoms with Gasteiger partial charge in [-0.05, 0) is 53.4 Å². The van der Waals surface area contributed by atoms with Crippen LogP contribution < -0.4 is 15.4 Å². The highest BCUT2D eigenvalue weighted by Crippen LogP contribution is 2.30. The van der Waals surface area contributed by atoms with Gasteiger partial charge >= 0.3 is 0 Å². The predicted molar refractivity (Wildman–Crippen MR) is 109 cm³/mol. The van der Waals surface area contributed by atoms with E-state index in [1.165, 1.54) is 0 Å². The van der Waals surface area contributed by atoms with E-state index in [1.54, 1.807) is 0 Å². The predicted octanol–water partition coefficient (Wildman–Crippen LogP) is 3.88. The Labute approximate surface area is 163 Å². The van der Waals surface area contributed by atoms with Crippen LogP contribution in [0.1, 0.15) is 18.4 Å². The fraction of sp³-hybridized carbons (Fsp3) is 0.217. The number of ether oxygens (including phenoxy) is 1. The molecule has 2 amide bonds. The average molecular weight is 374 g/mol. The molecule has 0 aromatic heterocycles. The summed E-state index contributed by atoms with van der Waals surface area (Å²) in [5, 5.41) is 7.97. The van der Waals surface area contributed by atoms with Gasteiger partial charge < -0.3 is 15.4 Å². The summed E-state index contributed by atoms with van der Waals surface area (Å²) in [7, 11) is 0. The van der Waals surface area contributed by atoms with Crippen molar-refractivity contribution in [3.63, 3.8) is 0 Å². The van der Waals surface area contributed by atoms with Gasteiger partial charge in [-0.1, -0.05) is 42.5 Å². The number of benzene rings is 3. The molecule has 0 bridgehead atoms. The Morgan fingerprint density at radius 3 is 2.57 bits per heavy atom. The highest BCUT2D eigenvalue weighted by molar-refractivity contribution is 5.94. The Bertz CT molecular complexity index is 1010. The minimum Gasteiger partial charge on any atom is -0.484 e. The zero-order valence-electron chi connectivity index (χ0n) is 15.5. The van der Waals surface area contributed by atoms with Crippen molar-refractivity contribution < 1.29 is 14.3 Å². The van der Waals surface area contributed by atoms with Crippen LogP contribution in [0.15, 0.2) is 66.7 Å². The smallest absolute Gasteiger partial charge is 0.258 e. The monoisotopic (exact) mass is 374 g/mol. The largest absolute Gasteiger partial charge is 0.484 e. The maximum absolute atomic E-state index is 12.1. The highest BCUT2D eigenvalue weighted by atomic mass is 16.5. The van der Waals surface area contributed by atoms with Crippen LogP contribution in [-0.4, -0.2) is 18.4 Å². The normalized spacial score (nSPS) is 13.1. The topological polar surface area (TPSA) is 67.4 Å². The SMILES string of the molecule is O=C(COc1ccc2ccccc2c1)NCc1cccc(NC(=O)C2CC2)c1. The van der Waals surface area contributed by atoms with Gasteiger partial charge in [0.15, 0.2) is 6.61 Å². The van der Waals surface area contributed by atoms with Crippen LogP contribution in [0.25, 0.3) is 10.8 Å². The molecular weight excluding hydrogens is 352 g/mol. The maximum Gasteiger partial charge on any atom is 0.258 e. The number of amides is 2. The zero-order valence-corrected chi connectivity index (χ0v) is 15.5. The van der Waals surface area contributed by atoms with Crippen molar-refractivity contribution >= 4 is 28.3 Å². The van der Waals surface area contributed by atoms with Gasteiger partial charge in [-0.2, -0.15) is 0 Å². The first kappa shape index (κ1) is 18.0. The van der Waals surface area contributed by atoms with E-state index in [0.29, 0.717) is 12.3 Å². The molecule has 28 heavy (non-hydrogen) atoms. The first-order valence-corrected chi connectivity index (χ1v) is 9.45. The lowest BCUT2D eigenvalue weighted by Crippen LogP contribution is -2.28. The van der Waals surface area contributed by atoms with Crippen LogP contribution in [-0.2, 0) is 16.1 Å². The van der Waals surface area contributed by atoms with Gasteiger partial charge in [0.1, 0.15) is 5.75 Å². The zero-order chi connectivity index (χ0) is 19.3. The van der Waals surface area contributed by atoms with Gasteiger partial charge in [0, 0.05) is 18.2 Å². The highest BCUT2D eigenvalue weighted by Gasteiger charge is 2.29. The lowest BCUT2D eigenvalue weighted by molar-refractivity contribution is -0.123. The van der Waals surface area contributed by atoms with Crippen molar-refractivity contribution in [2.45, 2.75) is 19.4 Å². The fourth-order valence-corrected chi connectivity index (χ4v) is 3.01. The van der Waals surface area contributed by atoms with Gasteiger partial charge in [0.05, 0.1) is 0 Å². The number of nitrogens with one attached hydrogen (secondary N) is 2. The minimum atomic E-state index is -0.194. The molecule has 4 rings (SSSR count). The summed E-state index contributed by atoms with van der Waals surface area (Å²) in [6, 6.07) is 21.3. The molecule has 0 unspecified atom stereocenters. The molecule has 5 nitrogen and oxygen atoms in total. The van der Waals surface area contributed by atoms with Crippen molar-refractivity contribution in [3.05, 3.63) is 72.3 Å². The maximum atomic E-state index is 12.1. The van der Waals surface area contributed by atoms with Gasteiger partial charge in [0.25, 0.3) is 5.91 Å². The number of hydrogen-bond donors (Lipinski definition) is 2. The van der Waals surface area contributed by atoms with Crippen molar-refractivity contribution in [3.8, 4) is 5.75 Å². The molecule has 142 valence electrons. The van der Waals surface area contributed by atoms with E-state index >= 15 is 0 Å². The van der Waals surface area contributed by atoms with Crippen molar-refractivity contribution in [1.29, 1.82) is 0 Å². The van der Waals surface area contributed by atoms with Crippen LogP contribution in [0.4, 0.5) is 5.69 Å². The van der Waals surface area contributed by atoms with E-state index in [1.807, 2.05) is 66.7 Å². The minimum absolute atomic E-state index is 0.0452. The molecule has 0 atom stereocenters. The molecule has 3 aromatic carbocycles. The second-order valence-electron chi connectivity index (χ2n) is 7.04. The van der Waals surface area contributed by atoms with Crippen molar-refractivity contribution in [1.82, 2.24) is 5.32 Å². The molecule has 0 radical (unpaired) electrons. The lowest BCUT2D eigenvalue weighted by atomic mass is 10.1. The Morgan fingerprint density at radius 2 is 1.75 bits per heavy atom. The summed E-state index contributed by atoms with van der Waals surface area (Å²) in [6.45, 7) is 0.337. The van der Waals surface area contributed by atoms with E-state index in [4.69, 9.17) is 4.74 Å². The molecule has 5 heteroatoms. The third kappa shape index (κ3) is 4.68. The fourth-order valence-electron chi connectivity index (χ4n) is 3.01. The quantitative estimate of drug-likeness (QED) is 0.659. The molecule has 0 heterocycles. The summed E-state index contributed by atoms with van der Waals surface area (Å²) in [5.41, 5.74) is 1.68. The van der Waals surface area contributed by atoms with Gasteiger partial charge in [0.2, 0.25) is 5.91 Å². The number of carbonyl (C=O) groups is 2. The van der Waals surface area contributed by atoms with Crippen LogP contribution in [0.3, 0.4) is 0 Å². The Hall–Kier alpha value is -3.34. The molecule has 0 aliphatic heterocycles. The van der Waals surface area contributed by atoms with Gasteiger partial charge in [-0.25, -0.2) is 0 Å². The summed E-state index contributed by atoms with van der Waals surface area (Å²) in [6.07, 6.45) is 1.94. The molecule has 1 fully saturated rings. The Balaban J connectivity index is 1.27. The van der Waals surface area contributed by atoms with Crippen LogP contribution in [0.2, 0.25) is 0 Å². The molecule has 3 aromatic rings. The number of carbonyl (C=O) groups excluding carboxylic acids is 2. The van der Waals surface area contributed by atoms with Crippen LogP contribution in [0.5, 0.6) is 5.75 Å². The second-order valence-corrected chi connectivity index (χ2v) is 7.04. The molecule has 0 saturated heterocycles. The first-order chi connectivity index (χ1) is 13.7. The third-order valence-electron chi connectivity index (χ3n) is 4.72. The van der Waals surface area contributed by atoms with Crippen LogP contribution in [0, 0.1) is 5.92 Å². The number of anilines is 1. The summed E-state index contributed by atoms with van der Waals surface area (Å²) in [4.78, 5) is 24.0. The van der Waals surface area contributed by atoms with E-state index < -0.39 is 0 Å². The molecule has 1 aliphatic rings. The molecule has 0 spiro atoms. The van der Waals surface area contributed by atoms with Crippen LogP contribution >= 0.6 is 0 Å². The van der Waals surface area contributed by atoms with E-state index in [2.05, 4.69) is 10.6 Å². The van der Waals surface area contributed by atoms with Gasteiger partial charge in [-0.3, -0.25) is 9.59 Å². The molecule has 1 saturated carbocycles. The van der Waals surface area contributed by atoms with Crippen molar-refractivity contribution in [2.24, 2.45) is 5.92 Å². The molecule has 1 aliphatic carbocycles. The molecular formula is C23H22N2O3. The van der Waals surface area contributed by atoms with Gasteiger partial charge in [-0.15, -0.1) is 0 Å². The summed E-state index contributed by atoms with van der Waals surface area (Å²) in [5.74, 6) is 0.708. The Kier molecular flexibility index (Phi) is 5.24. The standard InChI is InChI=1S/C23H22N2O3/c26-22(15-28-21-11-10-17-5-1-2-6-19(17)13-21)24-14-16-4-3-7-20(12-16)25-23(27)18-8-9-18/h1-7,10-13,18H,8-9,14-15H2,(H,24,26)(H,25,27). The summed E-state index contributed by atoms with van der Waals surface area (Å²) < 4.78 is 5.60.